The van der Waals surface area contributed by atoms with Crippen LogP contribution in [-0.4, -0.2) is 41.9 Å². The fourth-order valence-electron chi connectivity index (χ4n) is 1.86. The summed E-state index contributed by atoms with van der Waals surface area (Å²) in [5.74, 6) is -1.11. The predicted octanol–water partition coefficient (Wildman–Crippen LogP) is 0.833. The highest BCUT2D eigenvalue weighted by Gasteiger charge is 2.27. The summed E-state index contributed by atoms with van der Waals surface area (Å²) >= 11 is 1.13. The second-order valence-electron chi connectivity index (χ2n) is 4.33. The third kappa shape index (κ3) is 3.30. The topological polar surface area (TPSA) is 99.6 Å². The minimum Gasteiger partial charge on any atom is -0.476 e. The van der Waals surface area contributed by atoms with Gasteiger partial charge in [-0.3, -0.25) is 0 Å². The number of carbonyl (C=O) groups is 1. The first-order valence-electron chi connectivity index (χ1n) is 5.86. The first kappa shape index (κ1) is 14.4. The van der Waals surface area contributed by atoms with E-state index < -0.39 is 22.2 Å². The van der Waals surface area contributed by atoms with Gasteiger partial charge in [0.05, 0.1) is 6.04 Å². The number of nitrogens with one attached hydrogen (secondary N) is 1. The van der Waals surface area contributed by atoms with E-state index in [4.69, 9.17) is 5.11 Å². The Labute approximate surface area is 115 Å². The highest BCUT2D eigenvalue weighted by Crippen LogP contribution is 2.20. The van der Waals surface area contributed by atoms with Crippen LogP contribution in [0.15, 0.2) is 5.38 Å². The Morgan fingerprint density at radius 2 is 2.16 bits per heavy atom. The van der Waals surface area contributed by atoms with Crippen LogP contribution in [0, 0.1) is 0 Å². The van der Waals surface area contributed by atoms with Crippen molar-refractivity contribution in [2.75, 3.05) is 13.1 Å². The van der Waals surface area contributed by atoms with Crippen molar-refractivity contribution < 1.29 is 18.3 Å². The summed E-state index contributed by atoms with van der Waals surface area (Å²) in [6.07, 6.45) is 1.74. The van der Waals surface area contributed by atoms with Gasteiger partial charge in [0.2, 0.25) is 0 Å². The van der Waals surface area contributed by atoms with Crippen LogP contribution in [0.3, 0.4) is 0 Å². The highest BCUT2D eigenvalue weighted by molar-refractivity contribution is 7.87. The van der Waals surface area contributed by atoms with Gasteiger partial charge in [0, 0.05) is 18.5 Å². The summed E-state index contributed by atoms with van der Waals surface area (Å²) in [4.78, 5) is 14.6. The van der Waals surface area contributed by atoms with Gasteiger partial charge in [-0.05, 0) is 19.8 Å². The van der Waals surface area contributed by atoms with E-state index in [2.05, 4.69) is 9.71 Å². The lowest BCUT2D eigenvalue weighted by Crippen LogP contribution is -2.40. The van der Waals surface area contributed by atoms with Gasteiger partial charge in [0.25, 0.3) is 10.2 Å². The average Bonchev–Trinajstić information content (AvgIpc) is 3.00. The number of thiazole rings is 1. The lowest BCUT2D eigenvalue weighted by molar-refractivity contribution is 0.0691. The molecule has 9 heteroatoms. The molecule has 0 saturated carbocycles. The largest absolute Gasteiger partial charge is 0.476 e. The van der Waals surface area contributed by atoms with E-state index in [1.807, 2.05) is 0 Å². The monoisotopic (exact) mass is 305 g/mol. The van der Waals surface area contributed by atoms with Gasteiger partial charge in [-0.15, -0.1) is 11.3 Å². The van der Waals surface area contributed by atoms with Crippen LogP contribution in [0.4, 0.5) is 0 Å². The third-order valence-electron chi connectivity index (χ3n) is 2.84. The predicted molar refractivity (Wildman–Crippen MR) is 70.4 cm³/mol. The number of aromatic nitrogens is 1. The van der Waals surface area contributed by atoms with E-state index in [1.54, 1.807) is 6.92 Å². The molecule has 1 saturated heterocycles. The normalized spacial score (nSPS) is 18.6. The van der Waals surface area contributed by atoms with E-state index in [-0.39, 0.29) is 5.69 Å². The molecular formula is C10H15N3O4S2. The standard InChI is InChI=1S/C10H15N3O4S2/c1-7(9-11-8(6-18-9)10(14)15)12-19(16,17)13-4-2-3-5-13/h6-7,12H,2-5H2,1H3,(H,14,15). The molecule has 2 N–H and O–H groups in total. The second kappa shape index (κ2) is 5.53. The summed E-state index contributed by atoms with van der Waals surface area (Å²) in [5.41, 5.74) is -0.0628. The van der Waals surface area contributed by atoms with Crippen molar-refractivity contribution in [3.05, 3.63) is 16.1 Å². The van der Waals surface area contributed by atoms with Crippen LogP contribution >= 0.6 is 11.3 Å². The van der Waals surface area contributed by atoms with Gasteiger partial charge in [-0.25, -0.2) is 9.78 Å². The SMILES string of the molecule is CC(NS(=O)(=O)N1CCCC1)c1nc(C(=O)O)cs1. The Hall–Kier alpha value is -1.03. The first-order valence-corrected chi connectivity index (χ1v) is 8.18. The van der Waals surface area contributed by atoms with Crippen molar-refractivity contribution in [2.45, 2.75) is 25.8 Å². The van der Waals surface area contributed by atoms with Crippen LogP contribution in [0.2, 0.25) is 0 Å². The molecule has 1 aliphatic rings. The molecule has 7 nitrogen and oxygen atoms in total. The molecule has 19 heavy (non-hydrogen) atoms. The van der Waals surface area contributed by atoms with Gasteiger partial charge in [0.15, 0.2) is 5.69 Å². The maximum Gasteiger partial charge on any atom is 0.355 e. The van der Waals surface area contributed by atoms with Gasteiger partial charge in [0.1, 0.15) is 5.01 Å². The fourth-order valence-corrected chi connectivity index (χ4v) is 4.18. The van der Waals surface area contributed by atoms with Crippen molar-refractivity contribution in [3.63, 3.8) is 0 Å². The van der Waals surface area contributed by atoms with Crippen LogP contribution in [0.1, 0.15) is 41.3 Å². The smallest absolute Gasteiger partial charge is 0.355 e. The van der Waals surface area contributed by atoms with Crippen LogP contribution in [-0.2, 0) is 10.2 Å². The molecule has 0 spiro atoms. The van der Waals surface area contributed by atoms with Crippen molar-refractivity contribution in [2.24, 2.45) is 0 Å². The molecule has 1 unspecified atom stereocenters. The minimum atomic E-state index is -3.52. The van der Waals surface area contributed by atoms with Gasteiger partial charge in [-0.2, -0.15) is 17.4 Å². The van der Waals surface area contributed by atoms with Crippen molar-refractivity contribution in [1.29, 1.82) is 0 Å². The molecule has 1 fully saturated rings. The van der Waals surface area contributed by atoms with Gasteiger partial charge in [-0.1, -0.05) is 0 Å². The van der Waals surface area contributed by atoms with E-state index in [0.717, 1.165) is 24.2 Å². The zero-order valence-corrected chi connectivity index (χ0v) is 12.0. The average molecular weight is 305 g/mol. The molecule has 1 atom stereocenters. The Balaban J connectivity index is 2.07. The quantitative estimate of drug-likeness (QED) is 0.839. The fraction of sp³-hybridized carbons (Fsp3) is 0.600. The molecule has 106 valence electrons. The maximum absolute atomic E-state index is 12.0. The number of carboxylic acid groups (broad SMARTS) is 1. The zero-order valence-electron chi connectivity index (χ0n) is 10.4. The minimum absolute atomic E-state index is 0.0628. The third-order valence-corrected chi connectivity index (χ3v) is 5.57. The maximum atomic E-state index is 12.0. The Kier molecular flexibility index (Phi) is 4.19. The lowest BCUT2D eigenvalue weighted by atomic mass is 10.4. The van der Waals surface area contributed by atoms with E-state index >= 15 is 0 Å². The first-order chi connectivity index (χ1) is 8.90. The van der Waals surface area contributed by atoms with E-state index in [0.29, 0.717) is 18.1 Å². The van der Waals surface area contributed by atoms with Crippen LogP contribution in [0.25, 0.3) is 0 Å². The summed E-state index contributed by atoms with van der Waals surface area (Å²) in [5, 5.41) is 10.6. The lowest BCUT2D eigenvalue weighted by Gasteiger charge is -2.18. The number of nitrogens with zero attached hydrogens (tertiary/aromatic N) is 2. The Morgan fingerprint density at radius 1 is 1.53 bits per heavy atom. The molecule has 1 aromatic heterocycles. The highest BCUT2D eigenvalue weighted by atomic mass is 32.2. The molecule has 0 aromatic carbocycles. The van der Waals surface area contributed by atoms with Crippen LogP contribution in [0.5, 0.6) is 0 Å². The molecular weight excluding hydrogens is 290 g/mol. The molecule has 2 rings (SSSR count). The summed E-state index contributed by atoms with van der Waals surface area (Å²) in [6, 6.07) is -0.538. The molecule has 2 heterocycles. The number of aromatic carboxylic acids is 1. The van der Waals surface area contributed by atoms with E-state index in [1.165, 1.54) is 9.69 Å². The second-order valence-corrected chi connectivity index (χ2v) is 6.92. The van der Waals surface area contributed by atoms with Crippen molar-refractivity contribution in [3.8, 4) is 0 Å². The van der Waals surface area contributed by atoms with E-state index in [9.17, 15) is 13.2 Å². The molecule has 0 aliphatic carbocycles. The number of hydrogen-bond donors (Lipinski definition) is 2. The number of rotatable bonds is 5. The van der Waals surface area contributed by atoms with Gasteiger partial charge >= 0.3 is 5.97 Å². The summed E-state index contributed by atoms with van der Waals surface area (Å²) < 4.78 is 28.0. The molecule has 1 aliphatic heterocycles. The zero-order chi connectivity index (χ0) is 14.0. The molecule has 0 amide bonds. The van der Waals surface area contributed by atoms with Crippen LogP contribution < -0.4 is 4.72 Å². The number of carboxylic acids is 1. The molecule has 0 radical (unpaired) electrons. The Morgan fingerprint density at radius 3 is 2.68 bits per heavy atom. The van der Waals surface area contributed by atoms with Gasteiger partial charge < -0.3 is 5.11 Å². The molecule has 0 bridgehead atoms. The van der Waals surface area contributed by atoms with Crippen molar-refractivity contribution in [1.82, 2.24) is 14.0 Å². The van der Waals surface area contributed by atoms with Crippen molar-refractivity contribution >= 4 is 27.5 Å². The molecule has 1 aromatic rings. The Bertz CT molecular complexity index is 563. The number of hydrogen-bond acceptors (Lipinski definition) is 5. The summed E-state index contributed by atoms with van der Waals surface area (Å²) in [7, 11) is -3.52. The summed E-state index contributed by atoms with van der Waals surface area (Å²) in [6.45, 7) is 2.71.